The van der Waals surface area contributed by atoms with Crippen molar-refractivity contribution in [1.82, 2.24) is 0 Å². The summed E-state index contributed by atoms with van der Waals surface area (Å²) in [7, 11) is 0. The van der Waals surface area contributed by atoms with Gasteiger partial charge in [0.2, 0.25) is 0 Å². The van der Waals surface area contributed by atoms with Gasteiger partial charge in [0.25, 0.3) is 0 Å². The Morgan fingerprint density at radius 3 is 1.03 bits per heavy atom. The number of hydrogen-bond donors (Lipinski definition) is 0. The van der Waals surface area contributed by atoms with Crippen LogP contribution in [-0.4, -0.2) is 25.2 Å². The highest BCUT2D eigenvalue weighted by Gasteiger charge is 2.29. The number of nitrogens with zero attached hydrogens (tertiary/aromatic N) is 2. The van der Waals surface area contributed by atoms with Gasteiger partial charge >= 0.3 is 11.9 Å². The van der Waals surface area contributed by atoms with Crippen LogP contribution < -0.4 is 9.80 Å². The van der Waals surface area contributed by atoms with E-state index in [0.29, 0.717) is 24.3 Å². The van der Waals surface area contributed by atoms with Crippen LogP contribution in [0.4, 0.5) is 34.1 Å². The van der Waals surface area contributed by atoms with E-state index < -0.39 is 0 Å². The molecule has 62 heavy (non-hydrogen) atoms. The molecule has 0 heterocycles. The van der Waals surface area contributed by atoms with Crippen molar-refractivity contribution < 1.29 is 19.1 Å². The molecule has 6 nitrogen and oxygen atoms in total. The Labute approximate surface area is 368 Å². The van der Waals surface area contributed by atoms with Crippen molar-refractivity contribution in [2.75, 3.05) is 23.0 Å². The Balaban J connectivity index is 1.62. The molecule has 0 aliphatic heterocycles. The van der Waals surface area contributed by atoms with E-state index in [2.05, 4.69) is 150 Å². The number of hydrogen-bond acceptors (Lipinski definition) is 6. The lowest BCUT2D eigenvalue weighted by Crippen LogP contribution is -2.17. The second-order valence-electron chi connectivity index (χ2n) is 18.4. The van der Waals surface area contributed by atoms with Crippen molar-refractivity contribution in [3.05, 3.63) is 167 Å². The van der Waals surface area contributed by atoms with Gasteiger partial charge in [-0.15, -0.1) is 0 Å². The molecule has 0 amide bonds. The third-order valence-electron chi connectivity index (χ3n) is 11.4. The largest absolute Gasteiger partial charge is 0.462 e. The molecule has 0 spiro atoms. The first kappa shape index (κ1) is 43.7. The summed E-state index contributed by atoms with van der Waals surface area (Å²) in [6, 6.07) is 46.7. The van der Waals surface area contributed by atoms with Crippen LogP contribution in [0.2, 0.25) is 0 Å². The third kappa shape index (κ3) is 9.11. The van der Waals surface area contributed by atoms with Crippen molar-refractivity contribution in [3.63, 3.8) is 0 Å². The van der Waals surface area contributed by atoms with E-state index in [1.54, 1.807) is 0 Å². The van der Waals surface area contributed by atoms with E-state index in [1.165, 1.54) is 11.1 Å². The van der Waals surface area contributed by atoms with Crippen LogP contribution in [0.5, 0.6) is 0 Å². The summed E-state index contributed by atoms with van der Waals surface area (Å²) in [6.07, 6.45) is 1.52. The van der Waals surface area contributed by atoms with Crippen LogP contribution in [-0.2, 0) is 20.3 Å². The molecule has 7 aromatic rings. The highest BCUT2D eigenvalue weighted by Crippen LogP contribution is 2.52. The normalized spacial score (nSPS) is 11.8. The van der Waals surface area contributed by atoms with Crippen LogP contribution in [0.15, 0.2) is 133 Å². The molecule has 0 unspecified atom stereocenters. The van der Waals surface area contributed by atoms with Crippen LogP contribution in [0.1, 0.15) is 111 Å². The molecule has 7 rings (SSSR count). The van der Waals surface area contributed by atoms with Gasteiger partial charge in [-0.3, -0.25) is 0 Å². The molecular weight excluding hydrogens is 765 g/mol. The van der Waals surface area contributed by atoms with Crippen LogP contribution in [0.25, 0.3) is 21.5 Å². The van der Waals surface area contributed by atoms with E-state index in [9.17, 15) is 9.59 Å². The number of rotatable bonds is 12. The summed E-state index contributed by atoms with van der Waals surface area (Å²) in [4.78, 5) is 30.8. The molecule has 0 saturated heterocycles. The number of carbonyl (C=O) groups is 2. The Morgan fingerprint density at radius 1 is 0.435 bits per heavy atom. The maximum atomic E-state index is 13.0. The van der Waals surface area contributed by atoms with Crippen molar-refractivity contribution in [3.8, 4) is 0 Å². The van der Waals surface area contributed by atoms with Crippen molar-refractivity contribution in [2.45, 2.75) is 92.9 Å². The smallest absolute Gasteiger partial charge is 0.338 e. The summed E-state index contributed by atoms with van der Waals surface area (Å²) in [5.41, 5.74) is 11.4. The van der Waals surface area contributed by atoms with Crippen LogP contribution in [0, 0.1) is 13.8 Å². The Bertz CT molecular complexity index is 2510. The van der Waals surface area contributed by atoms with Gasteiger partial charge in [-0.05, 0) is 134 Å². The number of carbonyl (C=O) groups excluding carboxylic acids is 2. The quantitative estimate of drug-likeness (QED) is 0.0695. The molecule has 7 aromatic carbocycles. The maximum Gasteiger partial charge on any atom is 0.338 e. The third-order valence-corrected chi connectivity index (χ3v) is 11.4. The van der Waals surface area contributed by atoms with E-state index in [-0.39, 0.29) is 22.8 Å². The molecule has 0 aliphatic rings. The second-order valence-corrected chi connectivity index (χ2v) is 18.4. The molecule has 0 N–H and O–H groups in total. The number of ether oxygens (including phenoxy) is 2. The lowest BCUT2D eigenvalue weighted by Gasteiger charge is -2.34. The van der Waals surface area contributed by atoms with Crippen molar-refractivity contribution >= 4 is 67.6 Å². The Morgan fingerprint density at radius 2 is 0.742 bits per heavy atom. The number of benzene rings is 7. The zero-order valence-electron chi connectivity index (χ0n) is 38.1. The summed E-state index contributed by atoms with van der Waals surface area (Å²) in [6.45, 7) is 22.5. The average Bonchev–Trinajstić information content (AvgIpc) is 3.26. The van der Waals surface area contributed by atoms with Gasteiger partial charge in [-0.25, -0.2) is 9.59 Å². The topological polar surface area (TPSA) is 59.1 Å². The van der Waals surface area contributed by atoms with Crippen molar-refractivity contribution in [2.24, 2.45) is 0 Å². The van der Waals surface area contributed by atoms with Gasteiger partial charge in [0.1, 0.15) is 0 Å². The highest BCUT2D eigenvalue weighted by molar-refractivity contribution is 6.23. The van der Waals surface area contributed by atoms with Gasteiger partial charge in [-0.1, -0.05) is 115 Å². The highest BCUT2D eigenvalue weighted by atomic mass is 16.5. The van der Waals surface area contributed by atoms with Gasteiger partial charge in [-0.2, -0.15) is 0 Å². The fourth-order valence-electron chi connectivity index (χ4n) is 7.85. The molecule has 318 valence electrons. The monoisotopic (exact) mass is 824 g/mol. The summed E-state index contributed by atoms with van der Waals surface area (Å²) in [5, 5.41) is 4.28. The molecular formula is C56H60N2O4. The predicted molar refractivity (Wildman–Crippen MR) is 259 cm³/mol. The Kier molecular flexibility index (Phi) is 12.6. The molecule has 0 aliphatic carbocycles. The zero-order valence-corrected chi connectivity index (χ0v) is 38.1. The standard InChI is InChI=1S/C56H60N2O4/c1-11-33-61-53(59)39-17-27-45(28-18-39)57(43-23-13-37(3)14-24-43)51-47-31-21-42(56(8,9)10)36-50(47)52(48-32-22-41(35-49(48)51)55(5,6)7)58(44-25-15-38(4)16-26-44)46-29-19-40(20-30-46)54(60)62-34-12-2/h13-32,35-36H,11-12,33-34H2,1-10H3. The van der Waals surface area contributed by atoms with Gasteiger partial charge in [0, 0.05) is 44.3 Å². The molecule has 0 saturated carbocycles. The van der Waals surface area contributed by atoms with Gasteiger partial charge in [0.05, 0.1) is 35.7 Å². The van der Waals surface area contributed by atoms with Crippen LogP contribution >= 0.6 is 0 Å². The zero-order chi connectivity index (χ0) is 44.3. The van der Waals surface area contributed by atoms with Crippen LogP contribution in [0.3, 0.4) is 0 Å². The SMILES string of the molecule is CCCOC(=O)c1ccc(N(c2ccc(C)cc2)c2c3ccc(C(C)(C)C)cc3c(N(c3ccc(C)cc3)c3ccc(C(=O)OCCC)cc3)c3ccc(C(C)(C)C)cc23)cc1. The van der Waals surface area contributed by atoms with Crippen molar-refractivity contribution in [1.29, 1.82) is 0 Å². The average molecular weight is 825 g/mol. The maximum absolute atomic E-state index is 13.0. The molecule has 0 bridgehead atoms. The van der Waals surface area contributed by atoms with E-state index in [0.717, 1.165) is 79.6 Å². The summed E-state index contributed by atoms with van der Waals surface area (Å²) in [5.74, 6) is -0.653. The molecule has 0 aromatic heterocycles. The molecule has 0 radical (unpaired) electrons. The first-order valence-corrected chi connectivity index (χ1v) is 21.9. The van der Waals surface area contributed by atoms with Gasteiger partial charge in [0.15, 0.2) is 0 Å². The fourth-order valence-corrected chi connectivity index (χ4v) is 7.85. The summed E-state index contributed by atoms with van der Waals surface area (Å²) < 4.78 is 11.1. The fraction of sp³-hybridized carbons (Fsp3) is 0.286. The van der Waals surface area contributed by atoms with E-state index >= 15 is 0 Å². The number of esters is 2. The number of aryl methyl sites for hydroxylation is 2. The lowest BCUT2D eigenvalue weighted by molar-refractivity contribution is 0.0496. The Hall–Kier alpha value is -6.40. The minimum absolute atomic E-state index is 0.148. The van der Waals surface area contributed by atoms with E-state index in [4.69, 9.17) is 9.47 Å². The molecule has 0 fully saturated rings. The molecule has 6 heteroatoms. The number of fused-ring (bicyclic) bond motifs is 2. The lowest BCUT2D eigenvalue weighted by atomic mass is 9.82. The van der Waals surface area contributed by atoms with E-state index in [1.807, 2.05) is 62.4 Å². The van der Waals surface area contributed by atoms with Gasteiger partial charge < -0.3 is 19.3 Å². The summed E-state index contributed by atoms with van der Waals surface area (Å²) >= 11 is 0. The first-order chi connectivity index (χ1) is 29.6. The number of anilines is 6. The molecule has 0 atom stereocenters. The second kappa shape index (κ2) is 17.9. The first-order valence-electron chi connectivity index (χ1n) is 21.9. The minimum atomic E-state index is -0.327. The predicted octanol–water partition coefficient (Wildman–Crippen LogP) is 15.3. The minimum Gasteiger partial charge on any atom is -0.462 e.